The van der Waals surface area contributed by atoms with Crippen molar-refractivity contribution < 1.29 is 14.4 Å². The minimum Gasteiger partial charge on any atom is -0.347 e. The maximum absolute atomic E-state index is 11.9. The minimum atomic E-state index is -0.350. The fourth-order valence-corrected chi connectivity index (χ4v) is 2.51. The zero-order chi connectivity index (χ0) is 16.5. The fourth-order valence-electron chi connectivity index (χ4n) is 2.51. The van der Waals surface area contributed by atoms with Gasteiger partial charge < -0.3 is 15.5 Å². The molecule has 1 aliphatic heterocycles. The molecule has 23 heavy (non-hydrogen) atoms. The Labute approximate surface area is 136 Å². The molecule has 6 nitrogen and oxygen atoms in total. The average Bonchev–Trinajstić information content (AvgIpc) is 2.59. The summed E-state index contributed by atoms with van der Waals surface area (Å²) in [5.74, 6) is -0.626. The number of rotatable bonds is 6. The summed E-state index contributed by atoms with van der Waals surface area (Å²) in [5.41, 5.74) is 0.894. The van der Waals surface area contributed by atoms with Crippen molar-refractivity contribution >= 4 is 17.7 Å². The Balaban J connectivity index is 1.62. The third-order valence-corrected chi connectivity index (χ3v) is 3.80. The topological polar surface area (TPSA) is 78.5 Å². The second-order valence-corrected chi connectivity index (χ2v) is 5.66. The van der Waals surface area contributed by atoms with E-state index < -0.39 is 0 Å². The second kappa shape index (κ2) is 8.92. The van der Waals surface area contributed by atoms with E-state index in [0.717, 1.165) is 37.9 Å². The van der Waals surface area contributed by atoms with Gasteiger partial charge in [0.05, 0.1) is 19.5 Å². The number of piperidine rings is 1. The van der Waals surface area contributed by atoms with Crippen LogP contribution in [0.4, 0.5) is 0 Å². The molecule has 0 bridgehead atoms. The third-order valence-electron chi connectivity index (χ3n) is 3.80. The summed E-state index contributed by atoms with van der Waals surface area (Å²) in [6.07, 6.45) is 3.44. The van der Waals surface area contributed by atoms with Gasteiger partial charge in [-0.25, -0.2) is 0 Å². The van der Waals surface area contributed by atoms with Crippen LogP contribution in [0.2, 0.25) is 0 Å². The molecule has 0 saturated carbocycles. The van der Waals surface area contributed by atoms with E-state index in [1.54, 1.807) is 4.90 Å². The summed E-state index contributed by atoms with van der Waals surface area (Å²) in [7, 11) is 0. The first-order chi connectivity index (χ1) is 11.1. The predicted molar refractivity (Wildman–Crippen MR) is 86.6 cm³/mol. The van der Waals surface area contributed by atoms with Crippen molar-refractivity contribution in [1.82, 2.24) is 15.5 Å². The highest BCUT2D eigenvalue weighted by Crippen LogP contribution is 2.08. The molecule has 124 valence electrons. The summed E-state index contributed by atoms with van der Waals surface area (Å²) in [6, 6.07) is 9.32. The number of nitrogens with one attached hydrogen (secondary N) is 2. The lowest BCUT2D eigenvalue weighted by Gasteiger charge is -2.26. The molecule has 1 fully saturated rings. The van der Waals surface area contributed by atoms with Gasteiger partial charge in [-0.15, -0.1) is 0 Å². The molecule has 2 rings (SSSR count). The Hall–Kier alpha value is -2.37. The van der Waals surface area contributed by atoms with Crippen LogP contribution in [0.1, 0.15) is 24.8 Å². The maximum Gasteiger partial charge on any atom is 0.241 e. The second-order valence-electron chi connectivity index (χ2n) is 5.66. The molecule has 0 aromatic heterocycles. The van der Waals surface area contributed by atoms with E-state index in [2.05, 4.69) is 10.6 Å². The first-order valence-corrected chi connectivity index (χ1v) is 8.00. The first kappa shape index (κ1) is 17.0. The van der Waals surface area contributed by atoms with E-state index in [4.69, 9.17) is 0 Å². The number of likely N-dealkylation sites (tertiary alicyclic amines) is 1. The fraction of sp³-hybridized carbons (Fsp3) is 0.471. The first-order valence-electron chi connectivity index (χ1n) is 8.00. The molecule has 0 radical (unpaired) electrons. The quantitative estimate of drug-likeness (QED) is 0.801. The molecule has 3 amide bonds. The number of hydrogen-bond donors (Lipinski definition) is 2. The molecule has 1 saturated heterocycles. The lowest BCUT2D eigenvalue weighted by molar-refractivity contribution is -0.133. The summed E-state index contributed by atoms with van der Waals surface area (Å²) in [4.78, 5) is 37.1. The predicted octanol–water partition coefficient (Wildman–Crippen LogP) is 0.474. The van der Waals surface area contributed by atoms with Crippen molar-refractivity contribution in [3.05, 3.63) is 35.9 Å². The van der Waals surface area contributed by atoms with Crippen molar-refractivity contribution in [1.29, 1.82) is 0 Å². The number of hydrogen-bond acceptors (Lipinski definition) is 3. The van der Waals surface area contributed by atoms with E-state index in [1.165, 1.54) is 0 Å². The van der Waals surface area contributed by atoms with Crippen LogP contribution >= 0.6 is 0 Å². The van der Waals surface area contributed by atoms with Crippen molar-refractivity contribution in [2.24, 2.45) is 0 Å². The van der Waals surface area contributed by atoms with Crippen molar-refractivity contribution in [3.63, 3.8) is 0 Å². The van der Waals surface area contributed by atoms with Gasteiger partial charge in [0.1, 0.15) is 0 Å². The zero-order valence-corrected chi connectivity index (χ0v) is 13.2. The molecule has 0 atom stereocenters. The SMILES string of the molecule is O=C(CNC(=O)Cc1ccccc1)NCC(=O)N1CCCCC1. The van der Waals surface area contributed by atoms with E-state index in [-0.39, 0.29) is 37.2 Å². The van der Waals surface area contributed by atoms with Crippen LogP contribution in [-0.4, -0.2) is 48.8 Å². The normalized spacial score (nSPS) is 14.2. The zero-order valence-electron chi connectivity index (χ0n) is 13.2. The van der Waals surface area contributed by atoms with Crippen molar-refractivity contribution in [3.8, 4) is 0 Å². The van der Waals surface area contributed by atoms with Gasteiger partial charge >= 0.3 is 0 Å². The Morgan fingerprint density at radius 3 is 2.22 bits per heavy atom. The van der Waals surface area contributed by atoms with Gasteiger partial charge in [-0.2, -0.15) is 0 Å². The number of carbonyl (C=O) groups excluding carboxylic acids is 3. The van der Waals surface area contributed by atoms with Gasteiger partial charge in [-0.1, -0.05) is 30.3 Å². The maximum atomic E-state index is 11.9. The summed E-state index contributed by atoms with van der Waals surface area (Å²) in [5, 5.41) is 5.11. The highest BCUT2D eigenvalue weighted by Gasteiger charge is 2.16. The lowest BCUT2D eigenvalue weighted by atomic mass is 10.1. The van der Waals surface area contributed by atoms with Gasteiger partial charge in [-0.3, -0.25) is 14.4 Å². The van der Waals surface area contributed by atoms with Crippen LogP contribution in [0.3, 0.4) is 0 Å². The van der Waals surface area contributed by atoms with Crippen LogP contribution in [0.5, 0.6) is 0 Å². The van der Waals surface area contributed by atoms with E-state index in [9.17, 15) is 14.4 Å². The van der Waals surface area contributed by atoms with Gasteiger partial charge in [0, 0.05) is 13.1 Å². The molecular formula is C17H23N3O3. The van der Waals surface area contributed by atoms with Crippen molar-refractivity contribution in [2.75, 3.05) is 26.2 Å². The Kier molecular flexibility index (Phi) is 6.59. The molecular weight excluding hydrogens is 294 g/mol. The van der Waals surface area contributed by atoms with Gasteiger partial charge in [0.25, 0.3) is 0 Å². The number of benzene rings is 1. The van der Waals surface area contributed by atoms with E-state index in [0.29, 0.717) is 0 Å². The molecule has 1 aliphatic rings. The standard InChI is InChI=1S/C17H23N3O3/c21-15(11-14-7-3-1-4-8-14)18-12-16(22)19-13-17(23)20-9-5-2-6-10-20/h1,3-4,7-8H,2,5-6,9-13H2,(H,18,21)(H,19,22). The van der Waals surface area contributed by atoms with Crippen LogP contribution in [0, 0.1) is 0 Å². The van der Waals surface area contributed by atoms with Crippen molar-refractivity contribution in [2.45, 2.75) is 25.7 Å². The number of nitrogens with zero attached hydrogens (tertiary/aromatic N) is 1. The third kappa shape index (κ3) is 6.10. The molecule has 1 aromatic rings. The van der Waals surface area contributed by atoms with Gasteiger partial charge in [0.2, 0.25) is 17.7 Å². The van der Waals surface area contributed by atoms with Crippen LogP contribution in [0.15, 0.2) is 30.3 Å². The molecule has 2 N–H and O–H groups in total. The molecule has 0 aliphatic carbocycles. The summed E-state index contributed by atoms with van der Waals surface area (Å²) in [6.45, 7) is 1.41. The summed E-state index contributed by atoms with van der Waals surface area (Å²) < 4.78 is 0. The molecule has 1 heterocycles. The Morgan fingerprint density at radius 2 is 1.52 bits per heavy atom. The number of carbonyl (C=O) groups is 3. The highest BCUT2D eigenvalue weighted by atomic mass is 16.2. The Morgan fingerprint density at radius 1 is 0.870 bits per heavy atom. The monoisotopic (exact) mass is 317 g/mol. The molecule has 0 unspecified atom stereocenters. The largest absolute Gasteiger partial charge is 0.347 e. The van der Waals surface area contributed by atoms with Gasteiger partial charge in [-0.05, 0) is 24.8 Å². The average molecular weight is 317 g/mol. The molecule has 1 aromatic carbocycles. The van der Waals surface area contributed by atoms with Gasteiger partial charge in [0.15, 0.2) is 0 Å². The minimum absolute atomic E-state index is 0.00656. The Bertz CT molecular complexity index is 539. The smallest absolute Gasteiger partial charge is 0.241 e. The number of amides is 3. The van der Waals surface area contributed by atoms with E-state index >= 15 is 0 Å². The summed E-state index contributed by atoms with van der Waals surface area (Å²) >= 11 is 0. The van der Waals surface area contributed by atoms with E-state index in [1.807, 2.05) is 30.3 Å². The van der Waals surface area contributed by atoms with Crippen LogP contribution in [0.25, 0.3) is 0 Å². The highest BCUT2D eigenvalue weighted by molar-refractivity contribution is 5.88. The molecule has 0 spiro atoms. The lowest BCUT2D eigenvalue weighted by Crippen LogP contribution is -2.45. The van der Waals surface area contributed by atoms with Crippen LogP contribution < -0.4 is 10.6 Å². The van der Waals surface area contributed by atoms with Crippen LogP contribution in [-0.2, 0) is 20.8 Å². The molecule has 6 heteroatoms.